The fraction of sp³-hybridized carbons (Fsp3) is 0.125. The summed E-state index contributed by atoms with van der Waals surface area (Å²) in [6.07, 6.45) is 3.62. The molecule has 4 heteroatoms. The number of nitrogens with zero attached hydrogens (tertiary/aromatic N) is 2. The Hall–Kier alpha value is -2.62. The molecule has 0 spiro atoms. The van der Waals surface area contributed by atoms with Crippen LogP contribution in [0.1, 0.15) is 21.5 Å². The van der Waals surface area contributed by atoms with Crippen LogP contribution in [-0.2, 0) is 0 Å². The number of hydrogen-bond acceptors (Lipinski definition) is 2. The number of hydrogen-bond donors (Lipinski definition) is 1. The third-order valence-corrected chi connectivity index (χ3v) is 3.51. The highest BCUT2D eigenvalue weighted by atomic mass is 16.4. The number of pyridine rings is 1. The molecule has 0 radical (unpaired) electrons. The second-order valence-corrected chi connectivity index (χ2v) is 4.85. The Morgan fingerprint density at radius 2 is 2.00 bits per heavy atom. The third-order valence-electron chi connectivity index (χ3n) is 3.51. The van der Waals surface area contributed by atoms with Gasteiger partial charge in [-0.25, -0.2) is 9.78 Å². The van der Waals surface area contributed by atoms with E-state index in [1.54, 1.807) is 12.3 Å². The molecule has 0 saturated carbocycles. The summed E-state index contributed by atoms with van der Waals surface area (Å²) in [7, 11) is 0. The normalized spacial score (nSPS) is 10.9. The maximum absolute atomic E-state index is 11.3. The van der Waals surface area contributed by atoms with Gasteiger partial charge in [-0.1, -0.05) is 12.1 Å². The lowest BCUT2D eigenvalue weighted by Gasteiger charge is -2.12. The average Bonchev–Trinajstić information content (AvgIpc) is 2.86. The third kappa shape index (κ3) is 1.86. The van der Waals surface area contributed by atoms with Gasteiger partial charge in [0.15, 0.2) is 0 Å². The zero-order valence-corrected chi connectivity index (χ0v) is 11.3. The zero-order chi connectivity index (χ0) is 14.3. The summed E-state index contributed by atoms with van der Waals surface area (Å²) in [5, 5.41) is 9.28. The van der Waals surface area contributed by atoms with Gasteiger partial charge in [0.25, 0.3) is 0 Å². The van der Waals surface area contributed by atoms with Crippen LogP contribution in [0.4, 0.5) is 0 Å². The van der Waals surface area contributed by atoms with Crippen LogP contribution in [0.3, 0.4) is 0 Å². The molecule has 0 aliphatic carbocycles. The smallest absolute Gasteiger partial charge is 0.335 e. The summed E-state index contributed by atoms with van der Waals surface area (Å²) in [5.41, 5.74) is 4.86. The van der Waals surface area contributed by atoms with E-state index in [-0.39, 0.29) is 0 Å². The van der Waals surface area contributed by atoms with Gasteiger partial charge in [0.05, 0.1) is 11.3 Å². The van der Waals surface area contributed by atoms with Crippen LogP contribution >= 0.6 is 0 Å². The van der Waals surface area contributed by atoms with Crippen molar-refractivity contribution in [3.05, 3.63) is 59.4 Å². The predicted octanol–water partition coefficient (Wildman–Crippen LogP) is 3.32. The standard InChI is InChI=1S/C16H14N2O2/c1-10-8-11(2)13(16(19)20)9-12(10)14-4-3-5-15-17-6-7-18(14)15/h3-9H,1-2H3,(H,19,20). The van der Waals surface area contributed by atoms with Crippen molar-refractivity contribution in [2.45, 2.75) is 13.8 Å². The highest BCUT2D eigenvalue weighted by Gasteiger charge is 2.13. The minimum Gasteiger partial charge on any atom is -0.478 e. The molecular weight excluding hydrogens is 252 g/mol. The molecule has 100 valence electrons. The highest BCUT2D eigenvalue weighted by molar-refractivity contribution is 5.91. The van der Waals surface area contributed by atoms with E-state index in [4.69, 9.17) is 0 Å². The Labute approximate surface area is 116 Å². The Kier molecular flexibility index (Phi) is 2.79. The SMILES string of the molecule is Cc1cc(C)c(-c2cccc3nccn23)cc1C(=O)O. The van der Waals surface area contributed by atoms with Crippen molar-refractivity contribution in [3.63, 3.8) is 0 Å². The first-order valence-electron chi connectivity index (χ1n) is 6.35. The molecule has 1 aromatic carbocycles. The monoisotopic (exact) mass is 266 g/mol. The van der Waals surface area contributed by atoms with E-state index in [0.717, 1.165) is 28.0 Å². The predicted molar refractivity (Wildman–Crippen MR) is 77.1 cm³/mol. The number of carboxylic acids is 1. The van der Waals surface area contributed by atoms with Gasteiger partial charge in [0.1, 0.15) is 5.65 Å². The molecule has 2 heterocycles. The van der Waals surface area contributed by atoms with Crippen LogP contribution in [0.5, 0.6) is 0 Å². The van der Waals surface area contributed by atoms with Crippen LogP contribution in [-0.4, -0.2) is 20.5 Å². The second-order valence-electron chi connectivity index (χ2n) is 4.85. The number of aryl methyl sites for hydroxylation is 2. The van der Waals surface area contributed by atoms with Crippen LogP contribution < -0.4 is 0 Å². The molecule has 3 rings (SSSR count). The maximum atomic E-state index is 11.3. The van der Waals surface area contributed by atoms with Crippen molar-refractivity contribution in [3.8, 4) is 11.3 Å². The first-order valence-corrected chi connectivity index (χ1v) is 6.35. The number of aromatic nitrogens is 2. The average molecular weight is 266 g/mol. The van der Waals surface area contributed by atoms with E-state index in [2.05, 4.69) is 4.98 Å². The lowest BCUT2D eigenvalue weighted by molar-refractivity contribution is 0.0696. The Morgan fingerprint density at radius 3 is 2.75 bits per heavy atom. The van der Waals surface area contributed by atoms with Crippen molar-refractivity contribution in [2.75, 3.05) is 0 Å². The van der Waals surface area contributed by atoms with Crippen LogP contribution in [0.15, 0.2) is 42.7 Å². The van der Waals surface area contributed by atoms with Crippen molar-refractivity contribution < 1.29 is 9.90 Å². The van der Waals surface area contributed by atoms with Crippen LogP contribution in [0.25, 0.3) is 16.9 Å². The van der Waals surface area contributed by atoms with E-state index in [9.17, 15) is 9.90 Å². The van der Waals surface area contributed by atoms with E-state index in [1.807, 2.05) is 48.7 Å². The van der Waals surface area contributed by atoms with Gasteiger partial charge in [0, 0.05) is 18.0 Å². The maximum Gasteiger partial charge on any atom is 0.335 e. The molecule has 0 fully saturated rings. The first-order chi connectivity index (χ1) is 9.58. The highest BCUT2D eigenvalue weighted by Crippen LogP contribution is 2.27. The molecule has 0 unspecified atom stereocenters. The molecule has 20 heavy (non-hydrogen) atoms. The second kappa shape index (κ2) is 4.49. The van der Waals surface area contributed by atoms with Gasteiger partial charge >= 0.3 is 5.97 Å². The number of imidazole rings is 1. The lowest BCUT2D eigenvalue weighted by Crippen LogP contribution is -2.02. The topological polar surface area (TPSA) is 54.6 Å². The quantitative estimate of drug-likeness (QED) is 0.774. The summed E-state index contributed by atoms with van der Waals surface area (Å²) in [4.78, 5) is 15.6. The van der Waals surface area contributed by atoms with E-state index in [0.29, 0.717) is 5.56 Å². The first kappa shape index (κ1) is 12.4. The summed E-state index contributed by atoms with van der Waals surface area (Å²) in [6.45, 7) is 3.81. The fourth-order valence-electron chi connectivity index (χ4n) is 2.53. The number of carboxylic acid groups (broad SMARTS) is 1. The largest absolute Gasteiger partial charge is 0.478 e. The van der Waals surface area contributed by atoms with Gasteiger partial charge in [-0.3, -0.25) is 4.40 Å². The number of fused-ring (bicyclic) bond motifs is 1. The molecule has 0 aliphatic rings. The van der Waals surface area contributed by atoms with Gasteiger partial charge in [-0.15, -0.1) is 0 Å². The van der Waals surface area contributed by atoms with E-state index < -0.39 is 5.97 Å². The summed E-state index contributed by atoms with van der Waals surface area (Å²) in [5.74, 6) is -0.901. The molecule has 2 aromatic heterocycles. The molecule has 1 N–H and O–H groups in total. The molecule has 0 atom stereocenters. The summed E-state index contributed by atoms with van der Waals surface area (Å²) >= 11 is 0. The molecule has 0 bridgehead atoms. The Balaban J connectivity index is 2.31. The molecule has 0 aliphatic heterocycles. The van der Waals surface area contributed by atoms with Crippen molar-refractivity contribution >= 4 is 11.6 Å². The van der Waals surface area contributed by atoms with Crippen molar-refractivity contribution in [1.82, 2.24) is 9.38 Å². The van der Waals surface area contributed by atoms with Crippen molar-refractivity contribution in [1.29, 1.82) is 0 Å². The number of benzene rings is 1. The Morgan fingerprint density at radius 1 is 1.20 bits per heavy atom. The van der Waals surface area contributed by atoms with Gasteiger partial charge < -0.3 is 5.11 Å². The Bertz CT molecular complexity index is 818. The van der Waals surface area contributed by atoms with E-state index in [1.165, 1.54) is 0 Å². The minimum atomic E-state index is -0.901. The zero-order valence-electron chi connectivity index (χ0n) is 11.3. The molecule has 0 amide bonds. The molecular formula is C16H14N2O2. The molecule has 4 nitrogen and oxygen atoms in total. The molecule has 0 saturated heterocycles. The summed E-state index contributed by atoms with van der Waals surface area (Å²) < 4.78 is 1.96. The summed E-state index contributed by atoms with van der Waals surface area (Å²) in [6, 6.07) is 9.47. The lowest BCUT2D eigenvalue weighted by atomic mass is 9.97. The number of rotatable bonds is 2. The van der Waals surface area contributed by atoms with Crippen LogP contribution in [0, 0.1) is 13.8 Å². The van der Waals surface area contributed by atoms with Crippen LogP contribution in [0.2, 0.25) is 0 Å². The minimum absolute atomic E-state index is 0.336. The van der Waals surface area contributed by atoms with E-state index >= 15 is 0 Å². The number of carbonyl (C=O) groups is 1. The van der Waals surface area contributed by atoms with Gasteiger partial charge in [-0.05, 0) is 43.2 Å². The van der Waals surface area contributed by atoms with Gasteiger partial charge in [-0.2, -0.15) is 0 Å². The fourth-order valence-corrected chi connectivity index (χ4v) is 2.53. The van der Waals surface area contributed by atoms with Crippen molar-refractivity contribution in [2.24, 2.45) is 0 Å². The molecule has 3 aromatic rings. The number of aromatic carboxylic acids is 1. The van der Waals surface area contributed by atoms with Gasteiger partial charge in [0.2, 0.25) is 0 Å².